The number of amidine groups is 1. The van der Waals surface area contributed by atoms with Gasteiger partial charge in [-0.2, -0.15) is 0 Å². The number of ether oxygens (including phenoxy) is 2. The van der Waals surface area contributed by atoms with Gasteiger partial charge in [-0.05, 0) is 49.0 Å². The van der Waals surface area contributed by atoms with Gasteiger partial charge >= 0.3 is 5.97 Å². The number of methoxy groups -OCH3 is 1. The van der Waals surface area contributed by atoms with Crippen molar-refractivity contribution in [3.63, 3.8) is 0 Å². The Morgan fingerprint density at radius 3 is 2.59 bits per heavy atom. The summed E-state index contributed by atoms with van der Waals surface area (Å²) in [6.07, 6.45) is 1.36. The summed E-state index contributed by atoms with van der Waals surface area (Å²) < 4.78 is 9.93. The second kappa shape index (κ2) is 9.52. The molecule has 0 spiro atoms. The summed E-state index contributed by atoms with van der Waals surface area (Å²) in [5.41, 5.74) is 0.682. The van der Waals surface area contributed by atoms with Gasteiger partial charge in [-0.3, -0.25) is 19.8 Å². The third kappa shape index (κ3) is 4.72. The van der Waals surface area contributed by atoms with E-state index < -0.39 is 10.9 Å². The maximum Gasteiger partial charge on any atom is 0.337 e. The number of amides is 1. The van der Waals surface area contributed by atoms with Crippen LogP contribution in [0.1, 0.15) is 22.8 Å². The number of nitro groups is 1. The highest BCUT2D eigenvalue weighted by atomic mass is 32.2. The highest BCUT2D eigenvalue weighted by molar-refractivity contribution is 8.18. The Morgan fingerprint density at radius 1 is 1.31 bits per heavy atom. The average molecular weight is 457 g/mol. The fourth-order valence-corrected chi connectivity index (χ4v) is 3.77. The standard InChI is InChI=1S/C21H19N3O7S/c1-4-31-16-11-15(24(28)29)9-13(18(16)25)10-17-19(26)23(2)21(32-17)22-14-7-5-12(6-8-14)20(27)30-3/h5-11,25H,4H2,1-3H3. The van der Waals surface area contributed by atoms with E-state index in [1.165, 1.54) is 31.2 Å². The van der Waals surface area contributed by atoms with Crippen LogP contribution in [-0.4, -0.2) is 52.7 Å². The van der Waals surface area contributed by atoms with Crippen LogP contribution in [-0.2, 0) is 9.53 Å². The molecule has 10 nitrogen and oxygen atoms in total. The number of phenols is 1. The van der Waals surface area contributed by atoms with Crippen molar-refractivity contribution >= 4 is 46.3 Å². The number of non-ortho nitro benzene ring substituents is 1. The van der Waals surface area contributed by atoms with E-state index in [4.69, 9.17) is 4.74 Å². The molecule has 1 amide bonds. The predicted octanol–water partition coefficient (Wildman–Crippen LogP) is 3.72. The molecule has 0 bridgehead atoms. The van der Waals surface area contributed by atoms with Gasteiger partial charge in [-0.1, -0.05) is 0 Å². The highest BCUT2D eigenvalue weighted by Crippen LogP contribution is 2.39. The number of hydrogen-bond acceptors (Lipinski definition) is 9. The minimum atomic E-state index is -0.607. The molecule has 0 aliphatic carbocycles. The number of likely N-dealkylation sites (N-methyl/N-ethyl adjacent to an activating group) is 1. The second-order valence-corrected chi connectivity index (χ2v) is 7.49. The quantitative estimate of drug-likeness (QED) is 0.300. The summed E-state index contributed by atoms with van der Waals surface area (Å²) in [6, 6.07) is 8.63. The largest absolute Gasteiger partial charge is 0.504 e. The van der Waals surface area contributed by atoms with Crippen LogP contribution < -0.4 is 4.74 Å². The van der Waals surface area contributed by atoms with Crippen LogP contribution in [0, 0.1) is 10.1 Å². The molecule has 3 rings (SSSR count). The van der Waals surface area contributed by atoms with Gasteiger partial charge in [0.2, 0.25) is 0 Å². The number of benzene rings is 2. The van der Waals surface area contributed by atoms with E-state index in [9.17, 15) is 24.8 Å². The van der Waals surface area contributed by atoms with Crippen LogP contribution in [0.4, 0.5) is 11.4 Å². The van der Waals surface area contributed by atoms with Crippen molar-refractivity contribution in [2.45, 2.75) is 6.92 Å². The van der Waals surface area contributed by atoms with Crippen LogP contribution in [0.2, 0.25) is 0 Å². The number of nitrogens with zero attached hydrogens (tertiary/aromatic N) is 3. The van der Waals surface area contributed by atoms with Gasteiger partial charge in [0.05, 0.1) is 40.9 Å². The molecule has 32 heavy (non-hydrogen) atoms. The van der Waals surface area contributed by atoms with Crippen LogP contribution in [0.25, 0.3) is 6.08 Å². The van der Waals surface area contributed by atoms with Crippen LogP contribution >= 0.6 is 11.8 Å². The van der Waals surface area contributed by atoms with Crippen LogP contribution in [0.15, 0.2) is 46.3 Å². The smallest absolute Gasteiger partial charge is 0.337 e. The van der Waals surface area contributed by atoms with E-state index in [0.717, 1.165) is 17.8 Å². The lowest BCUT2D eigenvalue weighted by Gasteiger charge is -2.08. The van der Waals surface area contributed by atoms with E-state index in [2.05, 4.69) is 9.73 Å². The molecular formula is C21H19N3O7S. The van der Waals surface area contributed by atoms with Crippen molar-refractivity contribution in [2.75, 3.05) is 20.8 Å². The molecule has 1 saturated heterocycles. The third-order valence-electron chi connectivity index (χ3n) is 4.40. The van der Waals surface area contributed by atoms with E-state index in [1.807, 2.05) is 0 Å². The Labute approximate surface area is 187 Å². The Bertz CT molecular complexity index is 1140. The second-order valence-electron chi connectivity index (χ2n) is 6.48. The molecule has 1 aliphatic rings. The molecule has 1 aliphatic heterocycles. The van der Waals surface area contributed by atoms with Gasteiger partial charge in [-0.15, -0.1) is 0 Å². The van der Waals surface area contributed by atoms with Crippen molar-refractivity contribution in [2.24, 2.45) is 4.99 Å². The molecule has 0 unspecified atom stereocenters. The first-order chi connectivity index (χ1) is 15.2. The molecule has 1 heterocycles. The molecule has 166 valence electrons. The number of carbonyl (C=O) groups excluding carboxylic acids is 2. The Hall–Kier alpha value is -3.86. The molecule has 1 fully saturated rings. The van der Waals surface area contributed by atoms with E-state index in [-0.39, 0.29) is 40.2 Å². The number of rotatable bonds is 6. The minimum Gasteiger partial charge on any atom is -0.504 e. The summed E-state index contributed by atoms with van der Waals surface area (Å²) in [6.45, 7) is 1.88. The van der Waals surface area contributed by atoms with E-state index in [0.29, 0.717) is 16.4 Å². The molecule has 0 saturated carbocycles. The van der Waals surface area contributed by atoms with Gasteiger partial charge in [0.25, 0.3) is 11.6 Å². The normalized spacial score (nSPS) is 16.0. The molecule has 2 aromatic rings. The molecule has 11 heteroatoms. The summed E-state index contributed by atoms with van der Waals surface area (Å²) >= 11 is 1.05. The molecule has 0 radical (unpaired) electrons. The zero-order valence-electron chi connectivity index (χ0n) is 17.4. The van der Waals surface area contributed by atoms with Gasteiger partial charge in [0, 0.05) is 18.7 Å². The number of aliphatic imine (C=N–C) groups is 1. The van der Waals surface area contributed by atoms with Crippen molar-refractivity contribution < 1.29 is 29.1 Å². The zero-order valence-corrected chi connectivity index (χ0v) is 18.2. The van der Waals surface area contributed by atoms with E-state index in [1.54, 1.807) is 31.2 Å². The number of nitro benzene ring substituents is 1. The highest BCUT2D eigenvalue weighted by Gasteiger charge is 2.31. The Balaban J connectivity index is 1.94. The van der Waals surface area contributed by atoms with Gasteiger partial charge in [0.15, 0.2) is 16.7 Å². The molecule has 1 N–H and O–H groups in total. The van der Waals surface area contributed by atoms with Crippen molar-refractivity contribution in [3.05, 3.63) is 62.5 Å². The first-order valence-electron chi connectivity index (χ1n) is 9.34. The number of phenolic OH excluding ortho intramolecular Hbond substituents is 1. The first kappa shape index (κ1) is 22.8. The average Bonchev–Trinajstić information content (AvgIpc) is 3.04. The number of esters is 1. The Kier molecular flexibility index (Phi) is 6.79. The third-order valence-corrected chi connectivity index (χ3v) is 5.46. The lowest BCUT2D eigenvalue weighted by Crippen LogP contribution is -2.23. The fraction of sp³-hybridized carbons (Fsp3) is 0.190. The lowest BCUT2D eigenvalue weighted by molar-refractivity contribution is -0.385. The summed E-state index contributed by atoms with van der Waals surface area (Å²) in [5.74, 6) is -1.20. The fourth-order valence-electron chi connectivity index (χ4n) is 2.79. The molecule has 0 aromatic heterocycles. The van der Waals surface area contributed by atoms with Crippen molar-refractivity contribution in [1.82, 2.24) is 4.90 Å². The predicted molar refractivity (Wildman–Crippen MR) is 119 cm³/mol. The van der Waals surface area contributed by atoms with Gasteiger partial charge in [0.1, 0.15) is 0 Å². The van der Waals surface area contributed by atoms with E-state index >= 15 is 0 Å². The van der Waals surface area contributed by atoms with Crippen LogP contribution in [0.5, 0.6) is 11.5 Å². The first-order valence-corrected chi connectivity index (χ1v) is 10.2. The zero-order chi connectivity index (χ0) is 23.4. The van der Waals surface area contributed by atoms with Gasteiger partial charge < -0.3 is 14.6 Å². The topological polar surface area (TPSA) is 132 Å². The maximum atomic E-state index is 12.7. The molecule has 2 aromatic carbocycles. The summed E-state index contributed by atoms with van der Waals surface area (Å²) in [7, 11) is 2.83. The van der Waals surface area contributed by atoms with Crippen molar-refractivity contribution in [3.8, 4) is 11.5 Å². The maximum absolute atomic E-state index is 12.7. The lowest BCUT2D eigenvalue weighted by atomic mass is 10.1. The summed E-state index contributed by atoms with van der Waals surface area (Å²) in [5, 5.41) is 22.0. The van der Waals surface area contributed by atoms with Crippen LogP contribution in [0.3, 0.4) is 0 Å². The number of aromatic hydroxyl groups is 1. The Morgan fingerprint density at radius 2 is 2.00 bits per heavy atom. The minimum absolute atomic E-state index is 0.0445. The summed E-state index contributed by atoms with van der Waals surface area (Å²) in [4.78, 5) is 40.8. The molecule has 0 atom stereocenters. The number of carbonyl (C=O) groups is 2. The SMILES string of the molecule is CCOc1cc([N+](=O)[O-])cc(C=C2SC(=Nc3ccc(C(=O)OC)cc3)N(C)C2=O)c1O. The number of hydrogen-bond donors (Lipinski definition) is 1. The van der Waals surface area contributed by atoms with Crippen molar-refractivity contribution in [1.29, 1.82) is 0 Å². The molecular weight excluding hydrogens is 438 g/mol. The number of thioether (sulfide) groups is 1. The van der Waals surface area contributed by atoms with Gasteiger partial charge in [-0.25, -0.2) is 9.79 Å². The monoisotopic (exact) mass is 457 g/mol.